The van der Waals surface area contributed by atoms with E-state index in [1.165, 1.54) is 18.2 Å². The number of rotatable bonds is 1. The molecular weight excluding hydrogens is 267 g/mol. The first-order valence-corrected chi connectivity index (χ1v) is 7.01. The second-order valence-electron chi connectivity index (χ2n) is 5.59. The van der Waals surface area contributed by atoms with Gasteiger partial charge in [-0.1, -0.05) is 25.1 Å². The lowest BCUT2D eigenvalue weighted by atomic mass is 9.93. The summed E-state index contributed by atoms with van der Waals surface area (Å²) in [6, 6.07) is 11.7. The summed E-state index contributed by atoms with van der Waals surface area (Å²) in [5, 5.41) is 0. The SMILES string of the molecule is CC1Cc2ccccc2N(C(=O)c2cc(F)ccc2N)C1. The summed E-state index contributed by atoms with van der Waals surface area (Å²) in [6.07, 6.45) is 0.943. The van der Waals surface area contributed by atoms with Crippen LogP contribution in [0.4, 0.5) is 15.8 Å². The van der Waals surface area contributed by atoms with E-state index in [0.29, 0.717) is 18.2 Å². The zero-order valence-electron chi connectivity index (χ0n) is 11.8. The van der Waals surface area contributed by atoms with Gasteiger partial charge in [0.1, 0.15) is 5.82 Å². The largest absolute Gasteiger partial charge is 0.398 e. The van der Waals surface area contributed by atoms with Gasteiger partial charge in [-0.05, 0) is 42.2 Å². The molecule has 3 rings (SSSR count). The molecule has 0 saturated heterocycles. The number of halogens is 1. The minimum Gasteiger partial charge on any atom is -0.398 e. The fourth-order valence-corrected chi connectivity index (χ4v) is 2.85. The van der Waals surface area contributed by atoms with E-state index in [1.54, 1.807) is 4.90 Å². The molecule has 1 amide bonds. The first-order chi connectivity index (χ1) is 10.1. The molecule has 108 valence electrons. The van der Waals surface area contributed by atoms with Gasteiger partial charge in [-0.25, -0.2) is 4.39 Å². The second-order valence-corrected chi connectivity index (χ2v) is 5.59. The number of carbonyl (C=O) groups is 1. The number of nitrogens with two attached hydrogens (primary N) is 1. The van der Waals surface area contributed by atoms with Crippen molar-refractivity contribution in [2.75, 3.05) is 17.2 Å². The number of hydrogen-bond donors (Lipinski definition) is 1. The third-order valence-electron chi connectivity index (χ3n) is 3.84. The van der Waals surface area contributed by atoms with Crippen LogP contribution in [0.3, 0.4) is 0 Å². The number of hydrogen-bond acceptors (Lipinski definition) is 2. The molecule has 0 fully saturated rings. The van der Waals surface area contributed by atoms with E-state index in [1.807, 2.05) is 24.3 Å². The number of nitrogens with zero attached hydrogens (tertiary/aromatic N) is 1. The monoisotopic (exact) mass is 284 g/mol. The van der Waals surface area contributed by atoms with E-state index in [-0.39, 0.29) is 11.5 Å². The van der Waals surface area contributed by atoms with Crippen molar-refractivity contribution in [3.63, 3.8) is 0 Å². The molecule has 2 N–H and O–H groups in total. The van der Waals surface area contributed by atoms with E-state index >= 15 is 0 Å². The maximum Gasteiger partial charge on any atom is 0.260 e. The van der Waals surface area contributed by atoms with Gasteiger partial charge in [-0.2, -0.15) is 0 Å². The van der Waals surface area contributed by atoms with Crippen molar-refractivity contribution in [3.05, 3.63) is 59.4 Å². The summed E-state index contributed by atoms with van der Waals surface area (Å²) in [7, 11) is 0. The topological polar surface area (TPSA) is 46.3 Å². The van der Waals surface area contributed by atoms with Crippen molar-refractivity contribution in [2.45, 2.75) is 13.3 Å². The van der Waals surface area contributed by atoms with E-state index in [4.69, 9.17) is 5.73 Å². The highest BCUT2D eigenvalue weighted by molar-refractivity contribution is 6.09. The van der Waals surface area contributed by atoms with Gasteiger partial charge in [0.15, 0.2) is 0 Å². The van der Waals surface area contributed by atoms with Gasteiger partial charge in [0.25, 0.3) is 5.91 Å². The first kappa shape index (κ1) is 13.6. The number of para-hydroxylation sites is 1. The molecule has 4 heteroatoms. The quantitative estimate of drug-likeness (QED) is 0.817. The lowest BCUT2D eigenvalue weighted by molar-refractivity contribution is 0.0981. The third kappa shape index (κ3) is 2.49. The predicted octanol–water partition coefficient (Wildman–Crippen LogP) is 3.25. The van der Waals surface area contributed by atoms with Crippen molar-refractivity contribution in [3.8, 4) is 0 Å². The van der Waals surface area contributed by atoms with Gasteiger partial charge in [0.05, 0.1) is 5.56 Å². The molecule has 2 aromatic rings. The van der Waals surface area contributed by atoms with Gasteiger partial charge >= 0.3 is 0 Å². The zero-order valence-corrected chi connectivity index (χ0v) is 11.8. The van der Waals surface area contributed by atoms with Crippen LogP contribution in [0.2, 0.25) is 0 Å². The molecule has 21 heavy (non-hydrogen) atoms. The molecular formula is C17H17FN2O. The van der Waals surface area contributed by atoms with Gasteiger partial charge in [-0.3, -0.25) is 4.79 Å². The smallest absolute Gasteiger partial charge is 0.260 e. The van der Waals surface area contributed by atoms with Crippen LogP contribution in [0.1, 0.15) is 22.8 Å². The Bertz CT molecular complexity index is 699. The lowest BCUT2D eigenvalue weighted by Gasteiger charge is -2.33. The highest BCUT2D eigenvalue weighted by atomic mass is 19.1. The van der Waals surface area contributed by atoms with E-state index in [9.17, 15) is 9.18 Å². The van der Waals surface area contributed by atoms with Gasteiger partial charge in [-0.15, -0.1) is 0 Å². The first-order valence-electron chi connectivity index (χ1n) is 7.01. The molecule has 2 aromatic carbocycles. The highest BCUT2D eigenvalue weighted by Gasteiger charge is 2.27. The number of anilines is 2. The summed E-state index contributed by atoms with van der Waals surface area (Å²) in [5.41, 5.74) is 8.39. The minimum absolute atomic E-state index is 0.221. The minimum atomic E-state index is -0.453. The second kappa shape index (κ2) is 5.20. The number of benzene rings is 2. The Morgan fingerprint density at radius 1 is 1.29 bits per heavy atom. The molecule has 1 aliphatic heterocycles. The van der Waals surface area contributed by atoms with Crippen LogP contribution in [0.15, 0.2) is 42.5 Å². The maximum atomic E-state index is 13.4. The molecule has 1 heterocycles. The number of carbonyl (C=O) groups excluding carboxylic acids is 1. The van der Waals surface area contributed by atoms with Crippen LogP contribution in [0.5, 0.6) is 0 Å². The van der Waals surface area contributed by atoms with Crippen LogP contribution < -0.4 is 10.6 Å². The highest BCUT2D eigenvalue weighted by Crippen LogP contribution is 2.31. The Morgan fingerprint density at radius 2 is 2.05 bits per heavy atom. The predicted molar refractivity (Wildman–Crippen MR) is 81.8 cm³/mol. The van der Waals surface area contributed by atoms with Crippen molar-refractivity contribution >= 4 is 17.3 Å². The molecule has 0 bridgehead atoms. The normalized spacial score (nSPS) is 17.4. The van der Waals surface area contributed by atoms with Crippen LogP contribution in [-0.2, 0) is 6.42 Å². The third-order valence-corrected chi connectivity index (χ3v) is 3.84. The number of amides is 1. The maximum absolute atomic E-state index is 13.4. The van der Waals surface area contributed by atoms with Gasteiger partial charge in [0.2, 0.25) is 0 Å². The van der Waals surface area contributed by atoms with Crippen LogP contribution >= 0.6 is 0 Å². The van der Waals surface area contributed by atoms with E-state index in [0.717, 1.165) is 17.7 Å². The fourth-order valence-electron chi connectivity index (χ4n) is 2.85. The molecule has 0 saturated carbocycles. The Morgan fingerprint density at radius 3 is 2.86 bits per heavy atom. The Balaban J connectivity index is 2.04. The Labute approximate surface area is 123 Å². The summed E-state index contributed by atoms with van der Waals surface area (Å²) in [5.74, 6) is -0.337. The molecule has 1 aliphatic rings. The van der Waals surface area contributed by atoms with Gasteiger partial charge in [0, 0.05) is 17.9 Å². The molecule has 0 radical (unpaired) electrons. The average Bonchev–Trinajstić information content (AvgIpc) is 2.48. The van der Waals surface area contributed by atoms with Gasteiger partial charge < -0.3 is 10.6 Å². The standard InChI is InChI=1S/C17H17FN2O/c1-11-8-12-4-2-3-5-16(12)20(10-11)17(21)14-9-13(18)6-7-15(14)19/h2-7,9,11H,8,10,19H2,1H3. The molecule has 1 unspecified atom stereocenters. The Kier molecular flexibility index (Phi) is 3.37. The molecule has 1 atom stereocenters. The molecule has 0 aromatic heterocycles. The average molecular weight is 284 g/mol. The fraction of sp³-hybridized carbons (Fsp3) is 0.235. The molecule has 0 aliphatic carbocycles. The van der Waals surface area contributed by atoms with Crippen molar-refractivity contribution in [2.24, 2.45) is 5.92 Å². The van der Waals surface area contributed by atoms with Crippen LogP contribution in [0.25, 0.3) is 0 Å². The molecule has 3 nitrogen and oxygen atoms in total. The van der Waals surface area contributed by atoms with Crippen LogP contribution in [0, 0.1) is 11.7 Å². The molecule has 0 spiro atoms. The van der Waals surface area contributed by atoms with Crippen molar-refractivity contribution < 1.29 is 9.18 Å². The number of nitrogen functional groups attached to an aromatic ring is 1. The lowest BCUT2D eigenvalue weighted by Crippen LogP contribution is -2.39. The zero-order chi connectivity index (χ0) is 15.0. The Hall–Kier alpha value is -2.36. The van der Waals surface area contributed by atoms with E-state index < -0.39 is 5.82 Å². The summed E-state index contributed by atoms with van der Waals surface area (Å²) >= 11 is 0. The summed E-state index contributed by atoms with van der Waals surface area (Å²) in [6.45, 7) is 2.72. The summed E-state index contributed by atoms with van der Waals surface area (Å²) < 4.78 is 13.4. The summed E-state index contributed by atoms with van der Waals surface area (Å²) in [4.78, 5) is 14.5. The van der Waals surface area contributed by atoms with Crippen LogP contribution in [-0.4, -0.2) is 12.5 Å². The van der Waals surface area contributed by atoms with Crippen molar-refractivity contribution in [1.82, 2.24) is 0 Å². The van der Waals surface area contributed by atoms with Crippen molar-refractivity contribution in [1.29, 1.82) is 0 Å². The number of fused-ring (bicyclic) bond motifs is 1. The van der Waals surface area contributed by atoms with E-state index in [2.05, 4.69) is 6.92 Å².